The van der Waals surface area contributed by atoms with Crippen LogP contribution in [0.2, 0.25) is 0 Å². The van der Waals surface area contributed by atoms with E-state index in [0.29, 0.717) is 52.7 Å². The predicted octanol–water partition coefficient (Wildman–Crippen LogP) is 3.53. The molecule has 41 heavy (non-hydrogen) atoms. The summed E-state index contributed by atoms with van der Waals surface area (Å²) in [4.78, 5) is 29.8. The summed E-state index contributed by atoms with van der Waals surface area (Å²) in [5.41, 5.74) is 2.32. The number of nitrogens with zero attached hydrogens (tertiary/aromatic N) is 4. The van der Waals surface area contributed by atoms with Crippen molar-refractivity contribution in [1.29, 1.82) is 0 Å². The molecule has 2 heterocycles. The van der Waals surface area contributed by atoms with Crippen LogP contribution in [-0.2, 0) is 20.9 Å². The SMILES string of the molecule is COc1ccc(N(C(=O)Cn2nnc3ccccc32)[C@@H](C(=O)NC[C@@H]2CCCO2)c2cccc(OC)c2OC)cc1. The predicted molar refractivity (Wildman–Crippen MR) is 152 cm³/mol. The highest BCUT2D eigenvalue weighted by molar-refractivity contribution is 6.02. The van der Waals surface area contributed by atoms with Crippen molar-refractivity contribution < 1.29 is 28.5 Å². The zero-order chi connectivity index (χ0) is 28.8. The number of hydrogen-bond donors (Lipinski definition) is 1. The zero-order valence-corrected chi connectivity index (χ0v) is 23.3. The van der Waals surface area contributed by atoms with Crippen LogP contribution in [0.15, 0.2) is 66.7 Å². The summed E-state index contributed by atoms with van der Waals surface area (Å²) in [6, 6.07) is 18.5. The summed E-state index contributed by atoms with van der Waals surface area (Å²) in [5, 5.41) is 11.4. The van der Waals surface area contributed by atoms with Gasteiger partial charge in [0.25, 0.3) is 0 Å². The van der Waals surface area contributed by atoms with Crippen molar-refractivity contribution in [3.63, 3.8) is 0 Å². The summed E-state index contributed by atoms with van der Waals surface area (Å²) >= 11 is 0. The maximum absolute atomic E-state index is 14.3. The van der Waals surface area contributed by atoms with Gasteiger partial charge in [-0.2, -0.15) is 0 Å². The average molecular weight is 560 g/mol. The van der Waals surface area contributed by atoms with E-state index >= 15 is 0 Å². The molecule has 1 aliphatic rings. The number of carbonyl (C=O) groups is 2. The topological polar surface area (TPSA) is 117 Å². The number of ether oxygens (including phenoxy) is 4. The fraction of sp³-hybridized carbons (Fsp3) is 0.333. The lowest BCUT2D eigenvalue weighted by atomic mass is 10.0. The Balaban J connectivity index is 1.60. The van der Waals surface area contributed by atoms with Crippen LogP contribution in [0, 0.1) is 0 Å². The summed E-state index contributed by atoms with van der Waals surface area (Å²) < 4.78 is 23.9. The molecule has 0 saturated carbocycles. The summed E-state index contributed by atoms with van der Waals surface area (Å²) in [5.74, 6) is 0.630. The highest BCUT2D eigenvalue weighted by atomic mass is 16.5. The Kier molecular flexibility index (Phi) is 8.64. The number of aromatic nitrogens is 3. The van der Waals surface area contributed by atoms with E-state index in [1.54, 1.807) is 49.6 Å². The first-order valence-electron chi connectivity index (χ1n) is 13.4. The van der Waals surface area contributed by atoms with Crippen molar-refractivity contribution in [2.24, 2.45) is 0 Å². The van der Waals surface area contributed by atoms with Gasteiger partial charge in [-0.3, -0.25) is 14.5 Å². The van der Waals surface area contributed by atoms with Gasteiger partial charge >= 0.3 is 0 Å². The second-order valence-electron chi connectivity index (χ2n) is 9.56. The molecule has 1 N–H and O–H groups in total. The minimum Gasteiger partial charge on any atom is -0.497 e. The summed E-state index contributed by atoms with van der Waals surface area (Å²) in [7, 11) is 4.59. The molecule has 2 amide bonds. The third kappa shape index (κ3) is 5.94. The molecule has 1 aliphatic heterocycles. The van der Waals surface area contributed by atoms with Crippen molar-refractivity contribution in [1.82, 2.24) is 20.3 Å². The molecule has 11 nitrogen and oxygen atoms in total. The van der Waals surface area contributed by atoms with E-state index in [0.717, 1.165) is 12.8 Å². The molecule has 2 atom stereocenters. The number of benzene rings is 3. The van der Waals surface area contributed by atoms with Gasteiger partial charge in [-0.15, -0.1) is 5.10 Å². The Hall–Kier alpha value is -4.64. The lowest BCUT2D eigenvalue weighted by molar-refractivity contribution is -0.127. The normalized spacial score (nSPS) is 15.3. The molecular weight excluding hydrogens is 526 g/mol. The van der Waals surface area contributed by atoms with Crippen LogP contribution in [0.25, 0.3) is 11.0 Å². The van der Waals surface area contributed by atoms with Gasteiger partial charge in [0.1, 0.15) is 23.9 Å². The van der Waals surface area contributed by atoms with E-state index in [1.807, 2.05) is 24.3 Å². The highest BCUT2D eigenvalue weighted by Crippen LogP contribution is 2.39. The number of carbonyl (C=O) groups excluding carboxylic acids is 2. The number of amides is 2. The first-order valence-corrected chi connectivity index (χ1v) is 13.4. The Labute approximate surface area is 237 Å². The van der Waals surface area contributed by atoms with E-state index in [2.05, 4.69) is 15.6 Å². The Morgan fingerprint density at radius 3 is 2.54 bits per heavy atom. The maximum atomic E-state index is 14.3. The van der Waals surface area contributed by atoms with Crippen LogP contribution in [0.1, 0.15) is 24.4 Å². The van der Waals surface area contributed by atoms with Gasteiger partial charge in [0.2, 0.25) is 11.8 Å². The zero-order valence-electron chi connectivity index (χ0n) is 23.3. The van der Waals surface area contributed by atoms with Gasteiger partial charge in [0.15, 0.2) is 11.5 Å². The molecule has 3 aromatic carbocycles. The van der Waals surface area contributed by atoms with Gasteiger partial charge in [0.05, 0.1) is 33.0 Å². The fourth-order valence-electron chi connectivity index (χ4n) is 5.06. The molecule has 4 aromatic rings. The van der Waals surface area contributed by atoms with Gasteiger partial charge in [-0.05, 0) is 55.3 Å². The van der Waals surface area contributed by atoms with Crippen LogP contribution in [-0.4, -0.2) is 67.4 Å². The van der Waals surface area contributed by atoms with Crippen molar-refractivity contribution in [2.45, 2.75) is 31.5 Å². The highest BCUT2D eigenvalue weighted by Gasteiger charge is 2.36. The Morgan fingerprint density at radius 1 is 1.02 bits per heavy atom. The minimum absolute atomic E-state index is 0.0848. The second-order valence-corrected chi connectivity index (χ2v) is 9.56. The van der Waals surface area contributed by atoms with Crippen molar-refractivity contribution in [2.75, 3.05) is 39.4 Å². The number of rotatable bonds is 11. The van der Waals surface area contributed by atoms with Crippen LogP contribution in [0.3, 0.4) is 0 Å². The standard InChI is InChI=1S/C30H33N5O6/c1-38-21-15-13-20(14-16-21)35(27(36)19-34-25-11-5-4-10-24(25)32-33-34)28(30(37)31-18-22-8-7-17-41-22)23-9-6-12-26(39-2)29(23)40-3/h4-6,9-16,22,28H,7-8,17-19H2,1-3H3,(H,31,37)/t22-,28+/m0/s1. The summed E-state index contributed by atoms with van der Waals surface area (Å²) in [6.07, 6.45) is 1.71. The van der Waals surface area contributed by atoms with Crippen LogP contribution >= 0.6 is 0 Å². The molecule has 0 unspecified atom stereocenters. The quantitative estimate of drug-likeness (QED) is 0.297. The number of hydrogen-bond acceptors (Lipinski definition) is 8. The maximum Gasteiger partial charge on any atom is 0.249 e. The van der Waals surface area contributed by atoms with Crippen LogP contribution in [0.4, 0.5) is 5.69 Å². The lowest BCUT2D eigenvalue weighted by Gasteiger charge is -2.33. The fourth-order valence-corrected chi connectivity index (χ4v) is 5.06. The third-order valence-corrected chi connectivity index (χ3v) is 7.09. The third-order valence-electron chi connectivity index (χ3n) is 7.09. The molecule has 11 heteroatoms. The minimum atomic E-state index is -1.11. The van der Waals surface area contributed by atoms with Gasteiger partial charge in [-0.1, -0.05) is 29.5 Å². The molecule has 1 aromatic heterocycles. The van der Waals surface area contributed by atoms with Crippen molar-refractivity contribution >= 4 is 28.5 Å². The van der Waals surface area contributed by atoms with Crippen LogP contribution < -0.4 is 24.4 Å². The van der Waals surface area contributed by atoms with E-state index < -0.39 is 6.04 Å². The van der Waals surface area contributed by atoms with Crippen molar-refractivity contribution in [3.05, 3.63) is 72.3 Å². The number of anilines is 1. The molecular formula is C30H33N5O6. The molecule has 0 bridgehead atoms. The molecule has 1 saturated heterocycles. The smallest absolute Gasteiger partial charge is 0.249 e. The molecule has 1 fully saturated rings. The number of para-hydroxylation sites is 2. The van der Waals surface area contributed by atoms with Gasteiger partial charge in [-0.25, -0.2) is 4.68 Å². The van der Waals surface area contributed by atoms with E-state index in [1.165, 1.54) is 23.8 Å². The average Bonchev–Trinajstić information content (AvgIpc) is 3.68. The largest absolute Gasteiger partial charge is 0.497 e. The second kappa shape index (κ2) is 12.7. The number of fused-ring (bicyclic) bond motifs is 1. The Bertz CT molecular complexity index is 1500. The van der Waals surface area contributed by atoms with Crippen molar-refractivity contribution in [3.8, 4) is 17.2 Å². The molecule has 0 radical (unpaired) electrons. The first kappa shape index (κ1) is 27.9. The molecule has 5 rings (SSSR count). The number of methoxy groups -OCH3 is 3. The van der Waals surface area contributed by atoms with Gasteiger partial charge < -0.3 is 24.3 Å². The monoisotopic (exact) mass is 559 g/mol. The lowest BCUT2D eigenvalue weighted by Crippen LogP contribution is -2.46. The van der Waals surface area contributed by atoms with E-state index in [4.69, 9.17) is 18.9 Å². The van der Waals surface area contributed by atoms with E-state index in [-0.39, 0.29) is 24.5 Å². The summed E-state index contributed by atoms with van der Waals surface area (Å²) in [6.45, 7) is 0.824. The van der Waals surface area contributed by atoms with Gasteiger partial charge in [0, 0.05) is 24.4 Å². The van der Waals surface area contributed by atoms with E-state index in [9.17, 15) is 9.59 Å². The first-order chi connectivity index (χ1) is 20.0. The molecule has 0 aliphatic carbocycles. The number of nitrogens with one attached hydrogen (secondary N) is 1. The molecule has 0 spiro atoms. The molecule has 214 valence electrons. The Morgan fingerprint density at radius 2 is 1.83 bits per heavy atom. The van der Waals surface area contributed by atoms with Crippen LogP contribution in [0.5, 0.6) is 17.2 Å².